The number of amides is 1. The third kappa shape index (κ3) is 2.80. The molecule has 1 atom stereocenters. The van der Waals surface area contributed by atoms with Gasteiger partial charge < -0.3 is 4.90 Å². The number of benzene rings is 1. The summed E-state index contributed by atoms with van der Waals surface area (Å²) < 4.78 is 0.991. The molecule has 0 N–H and O–H groups in total. The number of hydrogen-bond acceptors (Lipinski definition) is 1. The van der Waals surface area contributed by atoms with Gasteiger partial charge in [-0.25, -0.2) is 0 Å². The average Bonchev–Trinajstić information content (AvgIpc) is 2.56. The van der Waals surface area contributed by atoms with Crippen LogP contribution in [0.2, 0.25) is 0 Å². The van der Waals surface area contributed by atoms with Crippen molar-refractivity contribution in [2.45, 2.75) is 37.4 Å². The smallest absolute Gasteiger partial charge is 0.228 e. The fourth-order valence-electron chi connectivity index (χ4n) is 2.09. The minimum Gasteiger partial charge on any atom is -0.310 e. The zero-order chi connectivity index (χ0) is 13.5. The molecule has 2 nitrogen and oxygen atoms in total. The molecule has 0 aliphatic carbocycles. The van der Waals surface area contributed by atoms with Crippen LogP contribution in [-0.2, 0) is 10.2 Å². The van der Waals surface area contributed by atoms with E-state index in [0.29, 0.717) is 6.42 Å². The summed E-state index contributed by atoms with van der Waals surface area (Å²) in [4.78, 5) is 14.0. The van der Waals surface area contributed by atoms with Gasteiger partial charge in [0.25, 0.3) is 0 Å². The summed E-state index contributed by atoms with van der Waals surface area (Å²) in [6, 6.07) is 6.26. The van der Waals surface area contributed by atoms with Crippen molar-refractivity contribution in [1.82, 2.24) is 0 Å². The summed E-state index contributed by atoms with van der Waals surface area (Å²) in [7, 11) is 0. The second-order valence-electron chi connectivity index (χ2n) is 5.72. The van der Waals surface area contributed by atoms with E-state index < -0.39 is 0 Å². The van der Waals surface area contributed by atoms with Crippen LogP contribution in [0.4, 0.5) is 5.69 Å². The molecule has 0 aromatic heterocycles. The Balaban J connectivity index is 2.34. The molecule has 1 aliphatic heterocycles. The minimum absolute atomic E-state index is 0.119. The van der Waals surface area contributed by atoms with Crippen molar-refractivity contribution in [2.24, 2.45) is 0 Å². The third-order valence-corrected chi connectivity index (χ3v) is 4.43. The van der Waals surface area contributed by atoms with Gasteiger partial charge in [0.15, 0.2) is 0 Å². The van der Waals surface area contributed by atoms with E-state index in [1.165, 1.54) is 5.56 Å². The van der Waals surface area contributed by atoms with Gasteiger partial charge in [0.1, 0.15) is 0 Å². The van der Waals surface area contributed by atoms with E-state index >= 15 is 0 Å². The Morgan fingerprint density at radius 1 is 1.33 bits per heavy atom. The molecule has 1 saturated heterocycles. The largest absolute Gasteiger partial charge is 0.310 e. The monoisotopic (exact) mass is 373 g/mol. The zero-order valence-electron chi connectivity index (χ0n) is 10.8. The zero-order valence-corrected chi connectivity index (χ0v) is 14.0. The van der Waals surface area contributed by atoms with Gasteiger partial charge >= 0.3 is 0 Å². The number of carbonyl (C=O) groups excluding carboxylic acids is 1. The van der Waals surface area contributed by atoms with Gasteiger partial charge in [-0.05, 0) is 39.0 Å². The molecule has 1 aromatic rings. The van der Waals surface area contributed by atoms with Gasteiger partial charge in [-0.1, -0.05) is 42.8 Å². The highest BCUT2D eigenvalue weighted by molar-refractivity contribution is 9.10. The Hall–Kier alpha value is -0.350. The van der Waals surface area contributed by atoms with Crippen LogP contribution in [-0.4, -0.2) is 17.3 Å². The van der Waals surface area contributed by atoms with E-state index in [1.54, 1.807) is 0 Å². The molecule has 0 bridgehead atoms. The molecule has 4 heteroatoms. The lowest BCUT2D eigenvalue weighted by atomic mass is 9.87. The van der Waals surface area contributed by atoms with Crippen LogP contribution in [0.1, 0.15) is 32.8 Å². The number of nitrogens with zero attached hydrogens (tertiary/aromatic N) is 1. The van der Waals surface area contributed by atoms with Crippen LogP contribution >= 0.6 is 31.9 Å². The van der Waals surface area contributed by atoms with E-state index in [-0.39, 0.29) is 16.1 Å². The molecule has 1 unspecified atom stereocenters. The fraction of sp³-hybridized carbons (Fsp3) is 0.500. The van der Waals surface area contributed by atoms with Crippen molar-refractivity contribution in [1.29, 1.82) is 0 Å². The molecule has 1 aromatic carbocycles. The Morgan fingerprint density at radius 2 is 2.00 bits per heavy atom. The van der Waals surface area contributed by atoms with Crippen molar-refractivity contribution in [2.75, 3.05) is 11.4 Å². The van der Waals surface area contributed by atoms with Crippen LogP contribution in [0.3, 0.4) is 0 Å². The number of carbonyl (C=O) groups is 1. The molecule has 2 rings (SSSR count). The van der Waals surface area contributed by atoms with Crippen LogP contribution < -0.4 is 4.90 Å². The van der Waals surface area contributed by atoms with Crippen molar-refractivity contribution in [3.63, 3.8) is 0 Å². The Morgan fingerprint density at radius 3 is 2.44 bits per heavy atom. The molecular weight excluding hydrogens is 358 g/mol. The standard InChI is InChI=1S/C14H17Br2NO/c1-14(2,3)9-4-5-12(11(16)6-9)17-8-10(15)7-13(17)18/h4-6,10H,7-8H2,1-3H3. The lowest BCUT2D eigenvalue weighted by molar-refractivity contribution is -0.117. The average molecular weight is 375 g/mol. The molecule has 1 heterocycles. The topological polar surface area (TPSA) is 20.3 Å². The summed E-state index contributed by atoms with van der Waals surface area (Å²) in [6.07, 6.45) is 0.577. The molecule has 1 amide bonds. The number of halogens is 2. The Kier molecular flexibility index (Phi) is 3.88. The lowest BCUT2D eigenvalue weighted by Gasteiger charge is -2.23. The molecule has 0 saturated carbocycles. The number of anilines is 1. The molecular formula is C14H17Br2NO. The van der Waals surface area contributed by atoms with E-state index in [2.05, 4.69) is 64.8 Å². The first-order valence-corrected chi connectivity index (χ1v) is 7.74. The summed E-state index contributed by atoms with van der Waals surface area (Å²) in [5.74, 6) is 0.182. The maximum atomic E-state index is 11.9. The van der Waals surface area contributed by atoms with Gasteiger partial charge in [0, 0.05) is 22.3 Å². The highest BCUT2D eigenvalue weighted by atomic mass is 79.9. The molecule has 98 valence electrons. The van der Waals surface area contributed by atoms with E-state index in [4.69, 9.17) is 0 Å². The third-order valence-electron chi connectivity index (χ3n) is 3.18. The van der Waals surface area contributed by atoms with Gasteiger partial charge in [0.2, 0.25) is 5.91 Å². The van der Waals surface area contributed by atoms with Crippen LogP contribution in [0.25, 0.3) is 0 Å². The number of alkyl halides is 1. The normalized spacial score (nSPS) is 20.6. The lowest BCUT2D eigenvalue weighted by Crippen LogP contribution is -2.25. The number of hydrogen-bond donors (Lipinski definition) is 0. The first kappa shape index (κ1) is 14.1. The van der Waals surface area contributed by atoms with Crippen LogP contribution in [0, 0.1) is 0 Å². The molecule has 18 heavy (non-hydrogen) atoms. The molecule has 0 radical (unpaired) electrons. The SMILES string of the molecule is CC(C)(C)c1ccc(N2CC(Br)CC2=O)c(Br)c1. The van der Waals surface area contributed by atoms with E-state index in [1.807, 2.05) is 11.0 Å². The fourth-order valence-corrected chi connectivity index (χ4v) is 3.25. The summed E-state index contributed by atoms with van der Waals surface area (Å²) in [6.45, 7) is 7.30. The second-order valence-corrected chi connectivity index (χ2v) is 7.87. The van der Waals surface area contributed by atoms with Gasteiger partial charge in [-0.2, -0.15) is 0 Å². The van der Waals surface area contributed by atoms with Crippen LogP contribution in [0.15, 0.2) is 22.7 Å². The number of rotatable bonds is 1. The minimum atomic E-state index is 0.119. The predicted octanol–water partition coefficient (Wildman–Crippen LogP) is 4.25. The molecule has 1 aliphatic rings. The maximum absolute atomic E-state index is 11.9. The van der Waals surface area contributed by atoms with Gasteiger partial charge in [-0.15, -0.1) is 0 Å². The summed E-state index contributed by atoms with van der Waals surface area (Å²) in [5, 5.41) is 0. The predicted molar refractivity (Wildman–Crippen MR) is 82.5 cm³/mol. The van der Waals surface area contributed by atoms with E-state index in [0.717, 1.165) is 16.7 Å². The Bertz CT molecular complexity index is 479. The second kappa shape index (κ2) is 4.97. The van der Waals surface area contributed by atoms with Gasteiger partial charge in [0.05, 0.1) is 5.69 Å². The van der Waals surface area contributed by atoms with Crippen LogP contribution in [0.5, 0.6) is 0 Å². The van der Waals surface area contributed by atoms with Gasteiger partial charge in [-0.3, -0.25) is 4.79 Å². The van der Waals surface area contributed by atoms with Crippen molar-refractivity contribution in [3.8, 4) is 0 Å². The first-order valence-electron chi connectivity index (χ1n) is 6.03. The summed E-state index contributed by atoms with van der Waals surface area (Å²) in [5.41, 5.74) is 2.35. The van der Waals surface area contributed by atoms with Crippen molar-refractivity contribution < 1.29 is 4.79 Å². The molecule has 1 fully saturated rings. The highest BCUT2D eigenvalue weighted by Crippen LogP contribution is 2.34. The van der Waals surface area contributed by atoms with Crippen molar-refractivity contribution >= 4 is 43.5 Å². The van der Waals surface area contributed by atoms with E-state index in [9.17, 15) is 4.79 Å². The quantitative estimate of drug-likeness (QED) is 0.673. The van der Waals surface area contributed by atoms with Crippen molar-refractivity contribution in [3.05, 3.63) is 28.2 Å². The maximum Gasteiger partial charge on any atom is 0.228 e. The highest BCUT2D eigenvalue weighted by Gasteiger charge is 2.30. The Labute approximate surface area is 125 Å². The summed E-state index contributed by atoms with van der Waals surface area (Å²) >= 11 is 7.10. The molecule has 0 spiro atoms. The first-order chi connectivity index (χ1) is 8.29.